The molecule has 0 atom stereocenters. The van der Waals surface area contributed by atoms with Crippen LogP contribution in [0.5, 0.6) is 5.06 Å². The molecule has 6 heteroatoms. The summed E-state index contributed by atoms with van der Waals surface area (Å²) in [5, 5.41) is 13.1. The van der Waals surface area contributed by atoms with Gasteiger partial charge in [-0.1, -0.05) is 11.3 Å². The summed E-state index contributed by atoms with van der Waals surface area (Å²) in [5.74, 6) is -1.01. The second-order valence-electron chi connectivity index (χ2n) is 4.59. The average molecular weight is 267 g/mol. The van der Waals surface area contributed by atoms with Crippen LogP contribution in [0.3, 0.4) is 0 Å². The zero-order valence-electron chi connectivity index (χ0n) is 9.69. The maximum atomic E-state index is 11.7. The lowest BCUT2D eigenvalue weighted by Crippen LogP contribution is -2.15. The van der Waals surface area contributed by atoms with E-state index in [0.29, 0.717) is 23.1 Å². The van der Waals surface area contributed by atoms with Gasteiger partial charge in [0, 0.05) is 11.5 Å². The van der Waals surface area contributed by atoms with E-state index in [-0.39, 0.29) is 17.4 Å². The average Bonchev–Trinajstić information content (AvgIpc) is 3.10. The van der Waals surface area contributed by atoms with Gasteiger partial charge in [0.2, 0.25) is 5.91 Å². The molecule has 2 N–H and O–H groups in total. The molecule has 1 fully saturated rings. The normalized spacial score (nSPS) is 17.8. The summed E-state index contributed by atoms with van der Waals surface area (Å²) >= 11 is 1.23. The molecule has 18 heavy (non-hydrogen) atoms. The zero-order chi connectivity index (χ0) is 12.7. The van der Waals surface area contributed by atoms with E-state index < -0.39 is 5.97 Å². The van der Waals surface area contributed by atoms with Crippen molar-refractivity contribution in [1.82, 2.24) is 0 Å². The molecule has 0 bridgehead atoms. The quantitative estimate of drug-likeness (QED) is 0.879. The molecule has 1 aliphatic carbocycles. The summed E-state index contributed by atoms with van der Waals surface area (Å²) in [6, 6.07) is 0. The number of carboxylic acids is 1. The lowest BCUT2D eigenvalue weighted by Gasteiger charge is -2.12. The minimum atomic E-state index is -0.996. The molecule has 0 spiro atoms. The van der Waals surface area contributed by atoms with Crippen LogP contribution in [0.2, 0.25) is 0 Å². The Hall–Kier alpha value is -1.56. The third-order valence-corrected chi connectivity index (χ3v) is 4.23. The summed E-state index contributed by atoms with van der Waals surface area (Å²) in [5.41, 5.74) is 0.938. The van der Waals surface area contributed by atoms with Crippen molar-refractivity contribution in [3.05, 3.63) is 11.1 Å². The predicted octanol–water partition coefficient (Wildman–Crippen LogP) is 2.12. The minimum Gasteiger partial charge on any atom is -0.484 e. The number of hydrogen-bond acceptors (Lipinski definition) is 4. The lowest BCUT2D eigenvalue weighted by molar-refractivity contribution is -0.117. The number of rotatable bonds is 3. The first kappa shape index (κ1) is 11.5. The maximum absolute atomic E-state index is 11.7. The Morgan fingerprint density at radius 1 is 1.39 bits per heavy atom. The number of anilines is 1. The van der Waals surface area contributed by atoms with Crippen molar-refractivity contribution >= 4 is 28.2 Å². The number of thiophene rings is 1. The van der Waals surface area contributed by atoms with Crippen LogP contribution in [-0.4, -0.2) is 23.6 Å². The van der Waals surface area contributed by atoms with Crippen molar-refractivity contribution < 1.29 is 19.4 Å². The summed E-state index contributed by atoms with van der Waals surface area (Å²) in [4.78, 5) is 23.0. The van der Waals surface area contributed by atoms with Gasteiger partial charge in [0.05, 0.1) is 6.61 Å². The molecule has 1 saturated carbocycles. The van der Waals surface area contributed by atoms with E-state index in [1.807, 2.05) is 0 Å². The Labute approximate surface area is 108 Å². The van der Waals surface area contributed by atoms with Crippen molar-refractivity contribution in [3.63, 3.8) is 0 Å². The maximum Gasteiger partial charge on any atom is 0.339 e. The first-order chi connectivity index (χ1) is 8.66. The third kappa shape index (κ3) is 1.96. The van der Waals surface area contributed by atoms with Crippen molar-refractivity contribution in [2.75, 3.05) is 11.9 Å². The van der Waals surface area contributed by atoms with Gasteiger partial charge in [0.15, 0.2) is 5.06 Å². The highest BCUT2D eigenvalue weighted by molar-refractivity contribution is 7.18. The second-order valence-corrected chi connectivity index (χ2v) is 5.58. The Bertz CT molecular complexity index is 518. The first-order valence-corrected chi connectivity index (χ1v) is 6.81. The Balaban J connectivity index is 1.94. The fraction of sp³-hybridized carbons (Fsp3) is 0.500. The summed E-state index contributed by atoms with van der Waals surface area (Å²) in [7, 11) is 0. The number of amides is 1. The SMILES string of the molecule is O=C(O)c1c(NC(=O)C2CC2)sc2c1CCCO2. The predicted molar refractivity (Wildman–Crippen MR) is 66.4 cm³/mol. The summed E-state index contributed by atoms with van der Waals surface area (Å²) < 4.78 is 5.46. The smallest absolute Gasteiger partial charge is 0.339 e. The fourth-order valence-electron chi connectivity index (χ4n) is 2.08. The molecular weight excluding hydrogens is 254 g/mol. The van der Waals surface area contributed by atoms with Gasteiger partial charge in [-0.3, -0.25) is 4.79 Å². The number of nitrogens with one attached hydrogen (secondary N) is 1. The molecule has 5 nitrogen and oxygen atoms in total. The van der Waals surface area contributed by atoms with Crippen LogP contribution in [-0.2, 0) is 11.2 Å². The highest BCUT2D eigenvalue weighted by Crippen LogP contribution is 2.43. The van der Waals surface area contributed by atoms with Crippen LogP contribution < -0.4 is 10.1 Å². The van der Waals surface area contributed by atoms with Crippen LogP contribution in [0.25, 0.3) is 0 Å². The molecule has 2 aliphatic rings. The third-order valence-electron chi connectivity index (χ3n) is 3.17. The van der Waals surface area contributed by atoms with E-state index >= 15 is 0 Å². The van der Waals surface area contributed by atoms with E-state index in [2.05, 4.69) is 5.32 Å². The molecule has 96 valence electrons. The number of carboxylic acid groups (broad SMARTS) is 1. The van der Waals surface area contributed by atoms with Gasteiger partial charge in [-0.15, -0.1) is 0 Å². The van der Waals surface area contributed by atoms with Crippen molar-refractivity contribution in [1.29, 1.82) is 0 Å². The van der Waals surface area contributed by atoms with Crippen LogP contribution in [0.4, 0.5) is 5.00 Å². The van der Waals surface area contributed by atoms with E-state index in [4.69, 9.17) is 4.74 Å². The van der Waals surface area contributed by atoms with E-state index in [9.17, 15) is 14.7 Å². The molecule has 2 heterocycles. The van der Waals surface area contributed by atoms with Crippen LogP contribution >= 0.6 is 11.3 Å². The Kier molecular flexibility index (Phi) is 2.74. The number of fused-ring (bicyclic) bond motifs is 1. The molecule has 1 aromatic rings. The first-order valence-electron chi connectivity index (χ1n) is 5.99. The topological polar surface area (TPSA) is 75.6 Å². The van der Waals surface area contributed by atoms with Crippen molar-refractivity contribution in [2.24, 2.45) is 5.92 Å². The number of carbonyl (C=O) groups is 2. The standard InChI is InChI=1S/C12H13NO4S/c14-9(6-3-4-6)13-10-8(11(15)16)7-2-1-5-17-12(7)18-10/h6H,1-5H2,(H,13,14)(H,15,16). The lowest BCUT2D eigenvalue weighted by atomic mass is 10.1. The second kappa shape index (κ2) is 4.28. The molecule has 0 unspecified atom stereocenters. The van der Waals surface area contributed by atoms with E-state index in [1.165, 1.54) is 11.3 Å². The van der Waals surface area contributed by atoms with Gasteiger partial charge in [-0.25, -0.2) is 4.79 Å². The Morgan fingerprint density at radius 3 is 2.83 bits per heavy atom. The molecule has 0 aromatic carbocycles. The van der Waals surface area contributed by atoms with E-state index in [1.54, 1.807) is 0 Å². The van der Waals surface area contributed by atoms with Gasteiger partial charge in [-0.05, 0) is 25.7 Å². The van der Waals surface area contributed by atoms with Crippen molar-refractivity contribution in [3.8, 4) is 5.06 Å². The van der Waals surface area contributed by atoms with E-state index in [0.717, 1.165) is 24.8 Å². The zero-order valence-corrected chi connectivity index (χ0v) is 10.5. The van der Waals surface area contributed by atoms with Crippen LogP contribution in [0.1, 0.15) is 35.2 Å². The molecule has 1 aliphatic heterocycles. The highest BCUT2D eigenvalue weighted by atomic mass is 32.1. The monoisotopic (exact) mass is 267 g/mol. The number of ether oxygens (including phenoxy) is 1. The van der Waals surface area contributed by atoms with Crippen molar-refractivity contribution in [2.45, 2.75) is 25.7 Å². The van der Waals surface area contributed by atoms with Crippen LogP contribution in [0, 0.1) is 5.92 Å². The molecule has 0 radical (unpaired) electrons. The summed E-state index contributed by atoms with van der Waals surface area (Å²) in [6.07, 6.45) is 3.32. The van der Waals surface area contributed by atoms with Gasteiger partial charge in [-0.2, -0.15) is 0 Å². The fourth-order valence-corrected chi connectivity index (χ4v) is 3.19. The van der Waals surface area contributed by atoms with Gasteiger partial charge in [0.25, 0.3) is 0 Å². The van der Waals surface area contributed by atoms with Gasteiger partial charge in [0.1, 0.15) is 10.6 Å². The summed E-state index contributed by atoms with van der Waals surface area (Å²) in [6.45, 7) is 0.614. The minimum absolute atomic E-state index is 0.0618. The largest absolute Gasteiger partial charge is 0.484 e. The molecule has 1 aromatic heterocycles. The van der Waals surface area contributed by atoms with Crippen LogP contribution in [0.15, 0.2) is 0 Å². The molecule has 0 saturated heterocycles. The number of carbonyl (C=O) groups excluding carboxylic acids is 1. The molecule has 1 amide bonds. The number of hydrogen-bond donors (Lipinski definition) is 2. The Morgan fingerprint density at radius 2 is 2.17 bits per heavy atom. The molecule has 3 rings (SSSR count). The van der Waals surface area contributed by atoms with Gasteiger partial charge < -0.3 is 15.2 Å². The molecular formula is C12H13NO4S. The highest BCUT2D eigenvalue weighted by Gasteiger charge is 2.33. The number of aromatic carboxylic acids is 1. The van der Waals surface area contributed by atoms with Gasteiger partial charge >= 0.3 is 5.97 Å².